The van der Waals surface area contributed by atoms with Gasteiger partial charge in [-0.2, -0.15) is 11.3 Å². The lowest BCUT2D eigenvalue weighted by molar-refractivity contribution is -0.114. The zero-order valence-electron chi connectivity index (χ0n) is 17.8. The molecule has 0 aliphatic carbocycles. The second kappa shape index (κ2) is 9.10. The normalized spacial score (nSPS) is 17.8. The number of hydrogen-bond donors (Lipinski definition) is 2. The van der Waals surface area contributed by atoms with Crippen LogP contribution in [0.5, 0.6) is 0 Å². The molecule has 1 saturated heterocycles. The van der Waals surface area contributed by atoms with Gasteiger partial charge in [-0.1, -0.05) is 24.6 Å². The van der Waals surface area contributed by atoms with Crippen LogP contribution in [0.15, 0.2) is 65.5 Å². The van der Waals surface area contributed by atoms with Gasteiger partial charge in [-0.05, 0) is 83.7 Å². The van der Waals surface area contributed by atoms with E-state index in [4.69, 9.17) is 0 Å². The minimum Gasteiger partial charge on any atom is -0.361 e. The Hall–Kier alpha value is -3.22. The fourth-order valence-electron chi connectivity index (χ4n) is 4.31. The Kier molecular flexibility index (Phi) is 5.88. The summed E-state index contributed by atoms with van der Waals surface area (Å²) in [6, 6.07) is 16.0. The quantitative estimate of drug-likeness (QED) is 0.424. The average Bonchev–Trinajstić information content (AvgIpc) is 3.35. The van der Waals surface area contributed by atoms with E-state index < -0.39 is 0 Å². The number of rotatable bonds is 5. The molecule has 5 rings (SSSR count). The molecule has 0 unspecified atom stereocenters. The number of fused-ring (bicyclic) bond motifs is 1. The Morgan fingerprint density at radius 1 is 0.906 bits per heavy atom. The van der Waals surface area contributed by atoms with Crippen LogP contribution in [0, 0.1) is 0 Å². The molecule has 0 radical (unpaired) electrons. The van der Waals surface area contributed by atoms with E-state index in [1.165, 1.54) is 37.9 Å². The Morgan fingerprint density at radius 2 is 1.72 bits per heavy atom. The molecule has 1 aromatic heterocycles. The average molecular weight is 444 g/mol. The van der Waals surface area contributed by atoms with Crippen LogP contribution in [0.1, 0.15) is 40.7 Å². The Bertz CT molecular complexity index is 1160. The van der Waals surface area contributed by atoms with Gasteiger partial charge in [0.1, 0.15) is 0 Å². The van der Waals surface area contributed by atoms with Crippen molar-refractivity contribution in [2.45, 2.75) is 25.8 Å². The smallest absolute Gasteiger partial charge is 0.260 e. The van der Waals surface area contributed by atoms with E-state index in [0.29, 0.717) is 16.7 Å². The van der Waals surface area contributed by atoms with Gasteiger partial charge in [-0.3, -0.25) is 19.8 Å². The molecule has 3 heterocycles. The SMILES string of the molecule is O=C1NC(=O)c2ccc(-c3ccsc3)cc2/C1=C/Nc1ccc(CN2CCCCC2)cc1. The van der Waals surface area contributed by atoms with Gasteiger partial charge in [0.15, 0.2) is 0 Å². The number of carbonyl (C=O) groups is 2. The molecule has 0 saturated carbocycles. The van der Waals surface area contributed by atoms with Crippen molar-refractivity contribution in [3.05, 3.63) is 82.2 Å². The Balaban J connectivity index is 1.36. The van der Waals surface area contributed by atoms with Gasteiger partial charge in [0.2, 0.25) is 0 Å². The van der Waals surface area contributed by atoms with Crippen molar-refractivity contribution < 1.29 is 9.59 Å². The fraction of sp³-hybridized carbons (Fsp3) is 0.231. The van der Waals surface area contributed by atoms with Gasteiger partial charge in [0, 0.05) is 29.6 Å². The predicted octanol–water partition coefficient (Wildman–Crippen LogP) is 5.12. The molecule has 2 aliphatic heterocycles. The number of thiophene rings is 1. The number of hydrogen-bond acceptors (Lipinski definition) is 5. The maximum absolute atomic E-state index is 12.6. The number of carbonyl (C=O) groups excluding carboxylic acids is 2. The molecule has 2 amide bonds. The van der Waals surface area contributed by atoms with Crippen molar-refractivity contribution in [1.29, 1.82) is 0 Å². The number of piperidine rings is 1. The van der Waals surface area contributed by atoms with Gasteiger partial charge in [0.05, 0.1) is 5.57 Å². The van der Waals surface area contributed by atoms with Crippen molar-refractivity contribution in [1.82, 2.24) is 10.2 Å². The lowest BCUT2D eigenvalue weighted by Crippen LogP contribution is -2.36. The second-order valence-electron chi connectivity index (χ2n) is 8.29. The summed E-state index contributed by atoms with van der Waals surface area (Å²) in [5.41, 5.74) is 5.87. The summed E-state index contributed by atoms with van der Waals surface area (Å²) < 4.78 is 0. The van der Waals surface area contributed by atoms with Gasteiger partial charge >= 0.3 is 0 Å². The highest BCUT2D eigenvalue weighted by molar-refractivity contribution is 7.08. The molecule has 32 heavy (non-hydrogen) atoms. The van der Waals surface area contributed by atoms with E-state index in [0.717, 1.165) is 23.4 Å². The first-order chi connectivity index (χ1) is 15.7. The number of anilines is 1. The summed E-state index contributed by atoms with van der Waals surface area (Å²) in [7, 11) is 0. The molecule has 0 atom stereocenters. The van der Waals surface area contributed by atoms with Crippen LogP contribution in [0.25, 0.3) is 16.7 Å². The van der Waals surface area contributed by atoms with Gasteiger partial charge < -0.3 is 5.32 Å². The van der Waals surface area contributed by atoms with Crippen LogP contribution in [-0.2, 0) is 11.3 Å². The largest absolute Gasteiger partial charge is 0.361 e. The number of nitrogens with zero attached hydrogens (tertiary/aromatic N) is 1. The molecule has 1 fully saturated rings. The first-order valence-corrected chi connectivity index (χ1v) is 11.9. The summed E-state index contributed by atoms with van der Waals surface area (Å²) in [6.07, 6.45) is 5.60. The first kappa shape index (κ1) is 20.7. The van der Waals surface area contributed by atoms with Gasteiger partial charge in [-0.25, -0.2) is 0 Å². The van der Waals surface area contributed by atoms with Crippen molar-refractivity contribution in [3.8, 4) is 11.1 Å². The zero-order chi connectivity index (χ0) is 21.9. The molecule has 0 spiro atoms. The Morgan fingerprint density at radius 3 is 2.47 bits per heavy atom. The summed E-state index contributed by atoms with van der Waals surface area (Å²) in [4.78, 5) is 27.5. The zero-order valence-corrected chi connectivity index (χ0v) is 18.6. The minimum absolute atomic E-state index is 0.360. The predicted molar refractivity (Wildman–Crippen MR) is 129 cm³/mol. The van der Waals surface area contributed by atoms with E-state index in [9.17, 15) is 9.59 Å². The van der Waals surface area contributed by atoms with E-state index in [1.54, 1.807) is 23.6 Å². The van der Waals surface area contributed by atoms with E-state index in [2.05, 4.69) is 33.0 Å². The summed E-state index contributed by atoms with van der Waals surface area (Å²) >= 11 is 1.62. The third-order valence-electron chi connectivity index (χ3n) is 6.07. The third kappa shape index (κ3) is 4.38. The van der Waals surface area contributed by atoms with Crippen LogP contribution in [0.4, 0.5) is 5.69 Å². The second-order valence-corrected chi connectivity index (χ2v) is 9.07. The van der Waals surface area contributed by atoms with Crippen molar-refractivity contribution >= 4 is 34.4 Å². The van der Waals surface area contributed by atoms with Crippen molar-refractivity contribution in [3.63, 3.8) is 0 Å². The molecule has 0 bridgehead atoms. The number of benzene rings is 2. The molecular formula is C26H25N3O2S. The molecular weight excluding hydrogens is 418 g/mol. The van der Waals surface area contributed by atoms with Gasteiger partial charge in [-0.15, -0.1) is 0 Å². The number of imide groups is 1. The van der Waals surface area contributed by atoms with Crippen LogP contribution in [-0.4, -0.2) is 29.8 Å². The summed E-state index contributed by atoms with van der Waals surface area (Å²) in [5.74, 6) is -0.750. The standard InChI is InChI=1S/C26H25N3O2S/c30-25-22-9-6-19(20-10-13-32-17-20)14-23(22)24(26(31)28-25)15-27-21-7-4-18(5-8-21)16-29-11-2-1-3-12-29/h4-10,13-15,17,27H,1-3,11-12,16H2,(H,28,30,31)/b24-15-. The molecule has 2 aromatic carbocycles. The maximum Gasteiger partial charge on any atom is 0.260 e. The molecule has 5 nitrogen and oxygen atoms in total. The van der Waals surface area contributed by atoms with E-state index in [1.807, 2.05) is 35.7 Å². The summed E-state index contributed by atoms with van der Waals surface area (Å²) in [6.45, 7) is 3.32. The topological polar surface area (TPSA) is 61.4 Å². The van der Waals surface area contributed by atoms with Crippen molar-refractivity contribution in [2.24, 2.45) is 0 Å². The third-order valence-corrected chi connectivity index (χ3v) is 6.76. The highest BCUT2D eigenvalue weighted by atomic mass is 32.1. The van der Waals surface area contributed by atoms with Crippen LogP contribution >= 0.6 is 11.3 Å². The lowest BCUT2D eigenvalue weighted by Gasteiger charge is -2.26. The minimum atomic E-state index is -0.390. The molecule has 6 heteroatoms. The van der Waals surface area contributed by atoms with Crippen molar-refractivity contribution in [2.75, 3.05) is 18.4 Å². The maximum atomic E-state index is 12.6. The van der Waals surface area contributed by atoms with E-state index in [-0.39, 0.29) is 11.8 Å². The van der Waals surface area contributed by atoms with E-state index >= 15 is 0 Å². The highest BCUT2D eigenvalue weighted by Gasteiger charge is 2.27. The van der Waals surface area contributed by atoms with Crippen LogP contribution in [0.2, 0.25) is 0 Å². The number of nitrogens with one attached hydrogen (secondary N) is 2. The van der Waals surface area contributed by atoms with Gasteiger partial charge in [0.25, 0.3) is 11.8 Å². The summed E-state index contributed by atoms with van der Waals surface area (Å²) in [5, 5.41) is 9.75. The highest BCUT2D eigenvalue weighted by Crippen LogP contribution is 2.30. The molecule has 2 aliphatic rings. The van der Waals surface area contributed by atoms with Crippen LogP contribution < -0.4 is 10.6 Å². The number of amides is 2. The molecule has 3 aromatic rings. The number of likely N-dealkylation sites (tertiary alicyclic amines) is 1. The molecule has 162 valence electrons. The first-order valence-electron chi connectivity index (χ1n) is 11.0. The molecule has 2 N–H and O–H groups in total. The monoisotopic (exact) mass is 443 g/mol. The Labute approximate surface area is 191 Å². The fourth-order valence-corrected chi connectivity index (χ4v) is 4.98. The lowest BCUT2D eigenvalue weighted by atomic mass is 9.92. The van der Waals surface area contributed by atoms with Crippen LogP contribution in [0.3, 0.4) is 0 Å².